The smallest absolute Gasteiger partial charge is 0.301 e. The Morgan fingerprint density at radius 3 is 3.06 bits per heavy atom. The molecule has 0 aliphatic carbocycles. The molecule has 1 aromatic heterocycles. The molecule has 1 saturated heterocycles. The van der Waals surface area contributed by atoms with Crippen LogP contribution in [-0.4, -0.2) is 24.0 Å². The highest BCUT2D eigenvalue weighted by Crippen LogP contribution is 2.30. The molecule has 1 atom stereocenters. The lowest BCUT2D eigenvalue weighted by atomic mass is 9.83. The Morgan fingerprint density at radius 1 is 1.75 bits per heavy atom. The molecule has 0 radical (unpaired) electrons. The standard InChI is InChI=1S/C11H17N3O2/c1-3-11(4-5-12-7-11)9(15)14-10-13-8(2)6-16-10/h6,12H,3-5,7H2,1-2H3,(H,13,14,15). The van der Waals surface area contributed by atoms with Gasteiger partial charge in [0.15, 0.2) is 0 Å². The summed E-state index contributed by atoms with van der Waals surface area (Å²) in [6.07, 6.45) is 3.22. The predicted molar refractivity (Wildman–Crippen MR) is 60.1 cm³/mol. The number of aryl methyl sites for hydroxylation is 1. The fourth-order valence-electron chi connectivity index (χ4n) is 2.04. The largest absolute Gasteiger partial charge is 0.432 e. The molecule has 2 N–H and O–H groups in total. The summed E-state index contributed by atoms with van der Waals surface area (Å²) in [4.78, 5) is 16.2. The van der Waals surface area contributed by atoms with Crippen LogP contribution in [0.2, 0.25) is 0 Å². The highest BCUT2D eigenvalue weighted by Gasteiger charge is 2.39. The zero-order valence-corrected chi connectivity index (χ0v) is 9.67. The van der Waals surface area contributed by atoms with Gasteiger partial charge in [0, 0.05) is 6.54 Å². The summed E-state index contributed by atoms with van der Waals surface area (Å²) in [5.41, 5.74) is 0.466. The first-order valence-corrected chi connectivity index (χ1v) is 5.60. The zero-order valence-electron chi connectivity index (χ0n) is 9.67. The van der Waals surface area contributed by atoms with E-state index >= 15 is 0 Å². The molecule has 1 amide bonds. The van der Waals surface area contributed by atoms with E-state index in [1.807, 2.05) is 13.8 Å². The number of nitrogens with one attached hydrogen (secondary N) is 2. The maximum absolute atomic E-state index is 12.1. The van der Waals surface area contributed by atoms with Crippen molar-refractivity contribution in [3.8, 4) is 0 Å². The van der Waals surface area contributed by atoms with Crippen LogP contribution in [0.3, 0.4) is 0 Å². The maximum atomic E-state index is 12.1. The van der Waals surface area contributed by atoms with Crippen molar-refractivity contribution in [1.82, 2.24) is 10.3 Å². The second-order valence-electron chi connectivity index (χ2n) is 4.31. The lowest BCUT2D eigenvalue weighted by Gasteiger charge is -2.23. The van der Waals surface area contributed by atoms with Crippen LogP contribution >= 0.6 is 0 Å². The highest BCUT2D eigenvalue weighted by molar-refractivity contribution is 5.94. The number of amides is 1. The fraction of sp³-hybridized carbons (Fsp3) is 0.636. The Kier molecular flexibility index (Phi) is 2.96. The molecule has 16 heavy (non-hydrogen) atoms. The predicted octanol–water partition coefficient (Wildman–Crippen LogP) is 1.31. The number of nitrogens with zero attached hydrogens (tertiary/aromatic N) is 1. The lowest BCUT2D eigenvalue weighted by Crippen LogP contribution is -2.37. The monoisotopic (exact) mass is 223 g/mol. The number of oxazole rings is 1. The average Bonchev–Trinajstić information content (AvgIpc) is 2.88. The van der Waals surface area contributed by atoms with E-state index in [-0.39, 0.29) is 11.3 Å². The van der Waals surface area contributed by atoms with E-state index in [9.17, 15) is 4.79 Å². The van der Waals surface area contributed by atoms with Crippen LogP contribution in [0, 0.1) is 12.3 Å². The van der Waals surface area contributed by atoms with Gasteiger partial charge in [-0.15, -0.1) is 0 Å². The summed E-state index contributed by atoms with van der Waals surface area (Å²) in [5.74, 6) is 0.00171. The molecule has 0 spiro atoms. The average molecular weight is 223 g/mol. The number of aromatic nitrogens is 1. The van der Waals surface area contributed by atoms with Crippen LogP contribution in [0.5, 0.6) is 0 Å². The summed E-state index contributed by atoms with van der Waals surface area (Å²) < 4.78 is 5.12. The second kappa shape index (κ2) is 4.25. The van der Waals surface area contributed by atoms with E-state index in [2.05, 4.69) is 15.6 Å². The van der Waals surface area contributed by atoms with Crippen LogP contribution in [0.1, 0.15) is 25.5 Å². The number of carbonyl (C=O) groups excluding carboxylic acids is 1. The molecule has 1 fully saturated rings. The SMILES string of the molecule is CCC1(C(=O)Nc2nc(C)co2)CCNC1. The Morgan fingerprint density at radius 2 is 2.56 bits per heavy atom. The Hall–Kier alpha value is -1.36. The molecule has 1 aliphatic heterocycles. The third kappa shape index (κ3) is 1.95. The van der Waals surface area contributed by atoms with Gasteiger partial charge in [-0.25, -0.2) is 0 Å². The molecule has 0 aromatic carbocycles. The number of carbonyl (C=O) groups is 1. The van der Waals surface area contributed by atoms with E-state index in [0.717, 1.165) is 31.6 Å². The van der Waals surface area contributed by atoms with Crippen molar-refractivity contribution in [3.05, 3.63) is 12.0 Å². The quantitative estimate of drug-likeness (QED) is 0.810. The first-order valence-electron chi connectivity index (χ1n) is 5.60. The number of hydrogen-bond donors (Lipinski definition) is 2. The van der Waals surface area contributed by atoms with Gasteiger partial charge < -0.3 is 9.73 Å². The first-order chi connectivity index (χ1) is 7.66. The van der Waals surface area contributed by atoms with E-state index in [0.29, 0.717) is 6.01 Å². The van der Waals surface area contributed by atoms with Crippen LogP contribution in [0.4, 0.5) is 6.01 Å². The van der Waals surface area contributed by atoms with Crippen molar-refractivity contribution in [1.29, 1.82) is 0 Å². The minimum Gasteiger partial charge on any atom is -0.432 e. The molecular formula is C11H17N3O2. The van der Waals surface area contributed by atoms with Crippen molar-refractivity contribution in [2.45, 2.75) is 26.7 Å². The Labute approximate surface area is 94.6 Å². The summed E-state index contributed by atoms with van der Waals surface area (Å²) in [6.45, 7) is 5.49. The molecule has 1 aliphatic rings. The maximum Gasteiger partial charge on any atom is 0.301 e. The van der Waals surface area contributed by atoms with E-state index in [1.54, 1.807) is 0 Å². The van der Waals surface area contributed by atoms with E-state index < -0.39 is 0 Å². The van der Waals surface area contributed by atoms with E-state index in [4.69, 9.17) is 4.42 Å². The molecule has 0 bridgehead atoms. The number of rotatable bonds is 3. The summed E-state index contributed by atoms with van der Waals surface area (Å²) in [6, 6.07) is 0.294. The van der Waals surface area contributed by atoms with Gasteiger partial charge in [0.1, 0.15) is 6.26 Å². The normalized spacial score (nSPS) is 24.6. The molecule has 2 heterocycles. The van der Waals surface area contributed by atoms with Gasteiger partial charge >= 0.3 is 6.01 Å². The van der Waals surface area contributed by atoms with Crippen molar-refractivity contribution >= 4 is 11.9 Å². The van der Waals surface area contributed by atoms with Crippen LogP contribution in [0.15, 0.2) is 10.7 Å². The highest BCUT2D eigenvalue weighted by atomic mass is 16.4. The van der Waals surface area contributed by atoms with Gasteiger partial charge in [-0.2, -0.15) is 4.98 Å². The third-order valence-electron chi connectivity index (χ3n) is 3.24. The molecule has 5 heteroatoms. The van der Waals surface area contributed by atoms with Crippen LogP contribution in [0.25, 0.3) is 0 Å². The minimum atomic E-state index is -0.303. The van der Waals surface area contributed by atoms with Crippen LogP contribution < -0.4 is 10.6 Å². The van der Waals surface area contributed by atoms with Crippen LogP contribution in [-0.2, 0) is 4.79 Å². The molecule has 2 rings (SSSR count). The zero-order chi connectivity index (χ0) is 11.6. The first kappa shape index (κ1) is 11.1. The molecule has 1 unspecified atom stereocenters. The number of hydrogen-bond acceptors (Lipinski definition) is 4. The van der Waals surface area contributed by atoms with Gasteiger partial charge in [0.05, 0.1) is 11.1 Å². The molecule has 88 valence electrons. The molecular weight excluding hydrogens is 206 g/mol. The van der Waals surface area contributed by atoms with Gasteiger partial charge in [-0.1, -0.05) is 6.92 Å². The second-order valence-corrected chi connectivity index (χ2v) is 4.31. The molecule has 0 saturated carbocycles. The van der Waals surface area contributed by atoms with Gasteiger partial charge in [-0.05, 0) is 26.3 Å². The molecule has 1 aromatic rings. The van der Waals surface area contributed by atoms with Crippen molar-refractivity contribution < 1.29 is 9.21 Å². The molecule has 5 nitrogen and oxygen atoms in total. The van der Waals surface area contributed by atoms with Gasteiger partial charge in [-0.3, -0.25) is 10.1 Å². The van der Waals surface area contributed by atoms with Crippen molar-refractivity contribution in [2.75, 3.05) is 18.4 Å². The van der Waals surface area contributed by atoms with E-state index in [1.165, 1.54) is 6.26 Å². The van der Waals surface area contributed by atoms with Gasteiger partial charge in [0.25, 0.3) is 0 Å². The topological polar surface area (TPSA) is 67.2 Å². The Bertz CT molecular complexity index is 380. The Balaban J connectivity index is 2.07. The summed E-state index contributed by atoms with van der Waals surface area (Å²) in [5, 5.41) is 5.96. The summed E-state index contributed by atoms with van der Waals surface area (Å²) >= 11 is 0. The lowest BCUT2D eigenvalue weighted by molar-refractivity contribution is -0.125. The van der Waals surface area contributed by atoms with Gasteiger partial charge in [0.2, 0.25) is 5.91 Å². The third-order valence-corrected chi connectivity index (χ3v) is 3.24. The summed E-state index contributed by atoms with van der Waals surface area (Å²) in [7, 11) is 0. The van der Waals surface area contributed by atoms with Crippen molar-refractivity contribution in [3.63, 3.8) is 0 Å². The number of anilines is 1. The minimum absolute atomic E-state index is 0.00171. The van der Waals surface area contributed by atoms with Crippen molar-refractivity contribution in [2.24, 2.45) is 5.41 Å². The fourth-order valence-corrected chi connectivity index (χ4v) is 2.04.